The highest BCUT2D eigenvalue weighted by Crippen LogP contribution is 2.15. The standard InChI is InChI=1S/C11H19N3O/c1-3-14(7-4-8-15)11-6-5-10(12)9(2)13-11/h5-6,15H,3-4,7-8,12H2,1-2H3. The van der Waals surface area contributed by atoms with E-state index in [2.05, 4.69) is 16.8 Å². The largest absolute Gasteiger partial charge is 0.397 e. The number of nitrogen functional groups attached to an aromatic ring is 1. The lowest BCUT2D eigenvalue weighted by atomic mass is 10.3. The van der Waals surface area contributed by atoms with Gasteiger partial charge in [0.1, 0.15) is 5.82 Å². The molecule has 0 atom stereocenters. The molecule has 4 nitrogen and oxygen atoms in total. The molecule has 1 aromatic heterocycles. The van der Waals surface area contributed by atoms with Gasteiger partial charge in [-0.1, -0.05) is 0 Å². The van der Waals surface area contributed by atoms with Gasteiger partial charge in [-0.25, -0.2) is 4.98 Å². The lowest BCUT2D eigenvalue weighted by Crippen LogP contribution is -2.25. The molecule has 0 saturated carbocycles. The van der Waals surface area contributed by atoms with Gasteiger partial charge in [-0.15, -0.1) is 0 Å². The van der Waals surface area contributed by atoms with Gasteiger partial charge >= 0.3 is 0 Å². The van der Waals surface area contributed by atoms with Crippen LogP contribution in [0, 0.1) is 6.92 Å². The topological polar surface area (TPSA) is 62.4 Å². The molecule has 0 radical (unpaired) electrons. The molecule has 0 aliphatic heterocycles. The molecule has 15 heavy (non-hydrogen) atoms. The van der Waals surface area contributed by atoms with Crippen molar-refractivity contribution < 1.29 is 5.11 Å². The number of hydrogen-bond acceptors (Lipinski definition) is 4. The van der Waals surface area contributed by atoms with Crippen molar-refractivity contribution in [2.45, 2.75) is 20.3 Å². The van der Waals surface area contributed by atoms with Gasteiger partial charge in [0.15, 0.2) is 0 Å². The Bertz CT molecular complexity index is 315. The molecule has 0 saturated heterocycles. The van der Waals surface area contributed by atoms with E-state index in [1.165, 1.54) is 0 Å². The van der Waals surface area contributed by atoms with E-state index in [4.69, 9.17) is 10.8 Å². The average molecular weight is 209 g/mol. The highest BCUT2D eigenvalue weighted by atomic mass is 16.3. The molecule has 0 aliphatic rings. The highest BCUT2D eigenvalue weighted by molar-refractivity contribution is 5.50. The van der Waals surface area contributed by atoms with Crippen LogP contribution < -0.4 is 10.6 Å². The summed E-state index contributed by atoms with van der Waals surface area (Å²) >= 11 is 0. The van der Waals surface area contributed by atoms with E-state index in [-0.39, 0.29) is 6.61 Å². The molecule has 0 bridgehead atoms. The number of anilines is 2. The molecule has 3 N–H and O–H groups in total. The Morgan fingerprint density at radius 1 is 1.47 bits per heavy atom. The molecular weight excluding hydrogens is 190 g/mol. The summed E-state index contributed by atoms with van der Waals surface area (Å²) in [5.74, 6) is 0.928. The van der Waals surface area contributed by atoms with E-state index >= 15 is 0 Å². The van der Waals surface area contributed by atoms with Crippen molar-refractivity contribution in [2.24, 2.45) is 0 Å². The first kappa shape index (κ1) is 11.8. The SMILES string of the molecule is CCN(CCCO)c1ccc(N)c(C)n1. The van der Waals surface area contributed by atoms with E-state index in [0.717, 1.165) is 36.7 Å². The zero-order chi connectivity index (χ0) is 11.3. The second-order valence-electron chi connectivity index (χ2n) is 3.50. The Morgan fingerprint density at radius 3 is 2.73 bits per heavy atom. The number of aryl methyl sites for hydroxylation is 1. The van der Waals surface area contributed by atoms with Crippen molar-refractivity contribution in [3.63, 3.8) is 0 Å². The van der Waals surface area contributed by atoms with Crippen LogP contribution in [0.3, 0.4) is 0 Å². The predicted molar refractivity (Wildman–Crippen MR) is 63.0 cm³/mol. The quantitative estimate of drug-likeness (QED) is 0.764. The molecule has 0 aromatic carbocycles. The minimum atomic E-state index is 0.213. The van der Waals surface area contributed by atoms with Gasteiger partial charge in [0.05, 0.1) is 11.4 Å². The van der Waals surface area contributed by atoms with E-state index in [0.29, 0.717) is 0 Å². The van der Waals surface area contributed by atoms with Gasteiger partial charge in [0, 0.05) is 19.7 Å². The maximum absolute atomic E-state index is 8.79. The first-order chi connectivity index (χ1) is 7.19. The van der Waals surface area contributed by atoms with Crippen molar-refractivity contribution in [2.75, 3.05) is 30.3 Å². The first-order valence-corrected chi connectivity index (χ1v) is 5.28. The fraction of sp³-hybridized carbons (Fsp3) is 0.545. The average Bonchev–Trinajstić information content (AvgIpc) is 2.24. The Balaban J connectivity index is 2.78. The summed E-state index contributed by atoms with van der Waals surface area (Å²) in [6, 6.07) is 3.79. The summed E-state index contributed by atoms with van der Waals surface area (Å²) in [6.45, 7) is 5.90. The molecule has 0 amide bonds. The van der Waals surface area contributed by atoms with Gasteiger partial charge < -0.3 is 15.7 Å². The van der Waals surface area contributed by atoms with E-state index in [1.807, 2.05) is 19.1 Å². The number of aliphatic hydroxyl groups excluding tert-OH is 1. The molecule has 0 aliphatic carbocycles. The number of rotatable bonds is 5. The van der Waals surface area contributed by atoms with E-state index in [9.17, 15) is 0 Å². The fourth-order valence-corrected chi connectivity index (χ4v) is 1.43. The van der Waals surface area contributed by atoms with Crippen molar-refractivity contribution in [3.05, 3.63) is 17.8 Å². The van der Waals surface area contributed by atoms with Crippen LogP contribution in [-0.2, 0) is 0 Å². The van der Waals surface area contributed by atoms with Gasteiger partial charge in [0.25, 0.3) is 0 Å². The van der Waals surface area contributed by atoms with Crippen LogP contribution in [0.15, 0.2) is 12.1 Å². The van der Waals surface area contributed by atoms with Gasteiger partial charge in [0.2, 0.25) is 0 Å². The monoisotopic (exact) mass is 209 g/mol. The summed E-state index contributed by atoms with van der Waals surface area (Å²) in [5.41, 5.74) is 7.29. The normalized spacial score (nSPS) is 10.3. The molecule has 84 valence electrons. The minimum absolute atomic E-state index is 0.213. The van der Waals surface area contributed by atoms with E-state index in [1.54, 1.807) is 0 Å². The predicted octanol–water partition coefficient (Wildman–Crippen LogP) is 1.18. The second-order valence-corrected chi connectivity index (χ2v) is 3.50. The maximum Gasteiger partial charge on any atom is 0.128 e. The van der Waals surface area contributed by atoms with Crippen LogP contribution in [-0.4, -0.2) is 29.8 Å². The van der Waals surface area contributed by atoms with Crippen molar-refractivity contribution in [3.8, 4) is 0 Å². The molecule has 1 aromatic rings. The summed E-state index contributed by atoms with van der Waals surface area (Å²) < 4.78 is 0. The third kappa shape index (κ3) is 3.09. The number of nitrogens with two attached hydrogens (primary N) is 1. The number of aromatic nitrogens is 1. The molecule has 0 unspecified atom stereocenters. The second kappa shape index (κ2) is 5.56. The lowest BCUT2D eigenvalue weighted by Gasteiger charge is -2.22. The molecule has 1 heterocycles. The van der Waals surface area contributed by atoms with Gasteiger partial charge in [-0.3, -0.25) is 0 Å². The van der Waals surface area contributed by atoms with Gasteiger partial charge in [-0.05, 0) is 32.4 Å². The van der Waals surface area contributed by atoms with E-state index < -0.39 is 0 Å². The summed E-state index contributed by atoms with van der Waals surface area (Å²) in [5, 5.41) is 8.79. The molecular formula is C11H19N3O. The Kier molecular flexibility index (Phi) is 4.37. The molecule has 1 rings (SSSR count). The maximum atomic E-state index is 8.79. The Morgan fingerprint density at radius 2 is 2.20 bits per heavy atom. The molecule has 0 spiro atoms. The molecule has 4 heteroatoms. The summed E-state index contributed by atoms with van der Waals surface area (Å²) in [6.07, 6.45) is 0.763. The summed E-state index contributed by atoms with van der Waals surface area (Å²) in [4.78, 5) is 6.54. The van der Waals surface area contributed by atoms with Crippen LogP contribution in [0.2, 0.25) is 0 Å². The number of hydrogen-bond donors (Lipinski definition) is 2. The third-order valence-electron chi connectivity index (χ3n) is 2.40. The van der Waals surface area contributed by atoms with Crippen LogP contribution in [0.25, 0.3) is 0 Å². The van der Waals surface area contributed by atoms with Crippen molar-refractivity contribution >= 4 is 11.5 Å². The summed E-state index contributed by atoms with van der Waals surface area (Å²) in [7, 11) is 0. The van der Waals surface area contributed by atoms with Crippen LogP contribution in [0.1, 0.15) is 19.0 Å². The Hall–Kier alpha value is -1.29. The molecule has 0 fully saturated rings. The zero-order valence-corrected chi connectivity index (χ0v) is 9.40. The lowest BCUT2D eigenvalue weighted by molar-refractivity contribution is 0.289. The first-order valence-electron chi connectivity index (χ1n) is 5.28. The minimum Gasteiger partial charge on any atom is -0.397 e. The number of aliphatic hydroxyl groups is 1. The van der Waals surface area contributed by atoms with Crippen LogP contribution >= 0.6 is 0 Å². The number of pyridine rings is 1. The fourth-order valence-electron chi connectivity index (χ4n) is 1.43. The van der Waals surface area contributed by atoms with Crippen LogP contribution in [0.5, 0.6) is 0 Å². The van der Waals surface area contributed by atoms with Crippen LogP contribution in [0.4, 0.5) is 11.5 Å². The zero-order valence-electron chi connectivity index (χ0n) is 9.40. The van der Waals surface area contributed by atoms with Crippen molar-refractivity contribution in [1.82, 2.24) is 4.98 Å². The number of nitrogens with zero attached hydrogens (tertiary/aromatic N) is 2. The Labute approximate surface area is 90.7 Å². The van der Waals surface area contributed by atoms with Gasteiger partial charge in [-0.2, -0.15) is 0 Å². The third-order valence-corrected chi connectivity index (χ3v) is 2.40. The van der Waals surface area contributed by atoms with Crippen molar-refractivity contribution in [1.29, 1.82) is 0 Å². The smallest absolute Gasteiger partial charge is 0.128 e. The highest BCUT2D eigenvalue weighted by Gasteiger charge is 2.06.